The first kappa shape index (κ1) is 20.3. The smallest absolute Gasteiger partial charge is 0.118 e. The van der Waals surface area contributed by atoms with Crippen molar-refractivity contribution in [2.45, 2.75) is 69.7 Å². The Morgan fingerprint density at radius 2 is 1.70 bits per heavy atom. The van der Waals surface area contributed by atoms with Crippen molar-refractivity contribution in [3.05, 3.63) is 53.6 Å². The molecule has 1 aromatic rings. The van der Waals surface area contributed by atoms with Crippen LogP contribution in [0.5, 0.6) is 5.75 Å². The molecule has 7 atom stereocenters. The van der Waals surface area contributed by atoms with Gasteiger partial charge in [0.1, 0.15) is 5.75 Å². The summed E-state index contributed by atoms with van der Waals surface area (Å²) in [7, 11) is 1.64. The minimum Gasteiger partial charge on any atom is -0.497 e. The van der Waals surface area contributed by atoms with E-state index in [-0.39, 0.29) is 17.4 Å². The minimum atomic E-state index is -1.06. The first-order valence-corrected chi connectivity index (χ1v) is 11.4. The minimum absolute atomic E-state index is 0.0147. The molecule has 0 aromatic heterocycles. The number of fused-ring (bicyclic) bond motifs is 5. The van der Waals surface area contributed by atoms with Crippen molar-refractivity contribution in [1.82, 2.24) is 0 Å². The average molecular weight is 411 g/mol. The van der Waals surface area contributed by atoms with E-state index in [0.29, 0.717) is 18.8 Å². The Bertz CT molecular complexity index is 904. The summed E-state index contributed by atoms with van der Waals surface area (Å²) in [6.45, 7) is 4.40. The second-order valence-corrected chi connectivity index (χ2v) is 10.5. The molecule has 2 saturated carbocycles. The van der Waals surface area contributed by atoms with Gasteiger partial charge >= 0.3 is 0 Å². The number of hydrogen-bond donors (Lipinski definition) is 3. The predicted molar refractivity (Wildman–Crippen MR) is 116 cm³/mol. The second-order valence-electron chi connectivity index (χ2n) is 10.5. The van der Waals surface area contributed by atoms with Crippen molar-refractivity contribution in [3.8, 4) is 5.75 Å². The molecular formula is C26H34O4. The summed E-state index contributed by atoms with van der Waals surface area (Å²) < 4.78 is 5.29. The normalized spacial score (nSPS) is 47.1. The molecule has 1 aromatic carbocycles. The number of methoxy groups -OCH3 is 1. The summed E-state index contributed by atoms with van der Waals surface area (Å²) in [4.78, 5) is 0. The summed E-state index contributed by atoms with van der Waals surface area (Å²) in [6.07, 6.45) is 10.6. The van der Waals surface area contributed by atoms with Crippen LogP contribution in [0.15, 0.2) is 48.1 Å². The number of ether oxygens (including phenoxy) is 1. The third-order valence-corrected chi connectivity index (χ3v) is 9.54. The fourth-order valence-corrected chi connectivity index (χ4v) is 7.46. The summed E-state index contributed by atoms with van der Waals surface area (Å²) >= 11 is 0. The third-order valence-electron chi connectivity index (χ3n) is 9.54. The monoisotopic (exact) mass is 410 g/mol. The number of aliphatic hydroxyl groups excluding tert-OH is 1. The number of benzene rings is 1. The molecule has 0 spiro atoms. The highest BCUT2D eigenvalue weighted by molar-refractivity contribution is 5.41. The van der Waals surface area contributed by atoms with E-state index in [2.05, 4.69) is 26.0 Å². The third kappa shape index (κ3) is 2.39. The Hall–Kier alpha value is -1.62. The Morgan fingerprint density at radius 1 is 0.967 bits per heavy atom. The SMILES string of the molecule is COc1ccc([C@@]2(O)CC[C@]3(O)[C@@H]4C=CC5=C[C@@H](O)CC[C@]5(C)[C@H]4CC[C@]23C)cc1. The van der Waals surface area contributed by atoms with Crippen LogP contribution in [0.3, 0.4) is 0 Å². The molecule has 4 heteroatoms. The number of hydrogen-bond acceptors (Lipinski definition) is 4. The molecule has 0 amide bonds. The maximum atomic E-state index is 12.2. The van der Waals surface area contributed by atoms with E-state index < -0.39 is 16.6 Å². The summed E-state index contributed by atoms with van der Waals surface area (Å²) in [6, 6.07) is 7.68. The lowest BCUT2D eigenvalue weighted by Crippen LogP contribution is -2.62. The van der Waals surface area contributed by atoms with Gasteiger partial charge in [-0.05, 0) is 73.1 Å². The highest BCUT2D eigenvalue weighted by atomic mass is 16.5. The Kier molecular flexibility index (Phi) is 4.36. The largest absolute Gasteiger partial charge is 0.497 e. The summed E-state index contributed by atoms with van der Waals surface area (Å²) in [5.74, 6) is 1.12. The maximum absolute atomic E-state index is 12.2. The van der Waals surface area contributed by atoms with Crippen LogP contribution in [0, 0.1) is 22.7 Å². The average Bonchev–Trinajstić information content (AvgIpc) is 2.96. The van der Waals surface area contributed by atoms with E-state index in [1.807, 2.05) is 30.3 Å². The van der Waals surface area contributed by atoms with E-state index in [1.165, 1.54) is 5.57 Å². The second kappa shape index (κ2) is 6.44. The van der Waals surface area contributed by atoms with Crippen LogP contribution in [0.4, 0.5) is 0 Å². The van der Waals surface area contributed by atoms with Crippen molar-refractivity contribution >= 4 is 0 Å². The number of allylic oxidation sites excluding steroid dienone is 2. The van der Waals surface area contributed by atoms with Gasteiger partial charge in [0.15, 0.2) is 0 Å². The van der Waals surface area contributed by atoms with Crippen molar-refractivity contribution < 1.29 is 20.1 Å². The molecule has 30 heavy (non-hydrogen) atoms. The Balaban J connectivity index is 1.56. The van der Waals surface area contributed by atoms with Gasteiger partial charge in [-0.2, -0.15) is 0 Å². The molecule has 0 unspecified atom stereocenters. The molecule has 5 rings (SSSR count). The van der Waals surface area contributed by atoms with E-state index in [9.17, 15) is 15.3 Å². The number of rotatable bonds is 2. The lowest BCUT2D eigenvalue weighted by atomic mass is 9.46. The van der Waals surface area contributed by atoms with Crippen LogP contribution in [-0.2, 0) is 5.60 Å². The fourth-order valence-electron chi connectivity index (χ4n) is 7.46. The van der Waals surface area contributed by atoms with Gasteiger partial charge in [-0.15, -0.1) is 0 Å². The van der Waals surface area contributed by atoms with E-state index in [4.69, 9.17) is 4.74 Å². The van der Waals surface area contributed by atoms with E-state index in [1.54, 1.807) is 7.11 Å². The molecule has 3 N–H and O–H groups in total. The molecule has 4 nitrogen and oxygen atoms in total. The first-order valence-electron chi connectivity index (χ1n) is 11.4. The molecule has 0 heterocycles. The van der Waals surface area contributed by atoms with Crippen LogP contribution in [0.2, 0.25) is 0 Å². The lowest BCUT2D eigenvalue weighted by Gasteiger charge is -2.61. The number of aliphatic hydroxyl groups is 3. The lowest BCUT2D eigenvalue weighted by molar-refractivity contribution is -0.206. The van der Waals surface area contributed by atoms with E-state index >= 15 is 0 Å². The zero-order chi connectivity index (χ0) is 21.4. The quantitative estimate of drug-likeness (QED) is 0.687. The molecule has 0 radical (unpaired) electrons. The molecule has 4 aliphatic rings. The molecule has 4 aliphatic carbocycles. The summed E-state index contributed by atoms with van der Waals surface area (Å²) in [5, 5.41) is 34.3. The fraction of sp³-hybridized carbons (Fsp3) is 0.615. The standard InChI is InChI=1S/C26H34O4/c1-23-12-10-19(27)16-18(23)6-9-22-21(23)11-13-24(2)25(28,14-15-26(22,24)29)17-4-7-20(30-3)8-5-17/h4-9,16,19,21-22,27-29H,10-15H2,1-3H3/t19-,21-,22+,23-,24+,25-,26-/m0/s1. The van der Waals surface area contributed by atoms with Gasteiger partial charge in [-0.1, -0.05) is 44.2 Å². The van der Waals surface area contributed by atoms with Gasteiger partial charge in [0.25, 0.3) is 0 Å². The molecule has 2 fully saturated rings. The zero-order valence-electron chi connectivity index (χ0n) is 18.3. The van der Waals surface area contributed by atoms with Crippen LogP contribution in [0.25, 0.3) is 0 Å². The van der Waals surface area contributed by atoms with Gasteiger partial charge in [-0.3, -0.25) is 0 Å². The molecule has 0 bridgehead atoms. The van der Waals surface area contributed by atoms with Crippen LogP contribution in [0.1, 0.15) is 57.9 Å². The van der Waals surface area contributed by atoms with Crippen molar-refractivity contribution in [2.75, 3.05) is 7.11 Å². The topological polar surface area (TPSA) is 69.9 Å². The molecular weight excluding hydrogens is 376 g/mol. The van der Waals surface area contributed by atoms with Gasteiger partial charge in [0.05, 0.1) is 24.4 Å². The highest BCUT2D eigenvalue weighted by Crippen LogP contribution is 2.70. The molecule has 0 saturated heterocycles. The van der Waals surface area contributed by atoms with Gasteiger partial charge < -0.3 is 20.1 Å². The van der Waals surface area contributed by atoms with Gasteiger partial charge in [-0.25, -0.2) is 0 Å². The molecule has 0 aliphatic heterocycles. The van der Waals surface area contributed by atoms with Crippen LogP contribution < -0.4 is 4.74 Å². The first-order chi connectivity index (χ1) is 14.2. The highest BCUT2D eigenvalue weighted by Gasteiger charge is 2.71. The van der Waals surface area contributed by atoms with Crippen molar-refractivity contribution in [3.63, 3.8) is 0 Å². The Labute approximate surface area is 179 Å². The predicted octanol–water partition coefficient (Wildman–Crippen LogP) is 4.10. The Morgan fingerprint density at radius 3 is 2.40 bits per heavy atom. The summed E-state index contributed by atoms with van der Waals surface area (Å²) in [5.41, 5.74) is -0.564. The van der Waals surface area contributed by atoms with Gasteiger partial charge in [0.2, 0.25) is 0 Å². The van der Waals surface area contributed by atoms with Crippen LogP contribution >= 0.6 is 0 Å². The van der Waals surface area contributed by atoms with Crippen molar-refractivity contribution in [2.24, 2.45) is 22.7 Å². The molecule has 162 valence electrons. The van der Waals surface area contributed by atoms with Crippen LogP contribution in [-0.4, -0.2) is 34.1 Å². The zero-order valence-corrected chi connectivity index (χ0v) is 18.3. The van der Waals surface area contributed by atoms with Crippen molar-refractivity contribution in [1.29, 1.82) is 0 Å². The van der Waals surface area contributed by atoms with Gasteiger partial charge in [0, 0.05) is 11.3 Å². The van der Waals surface area contributed by atoms with E-state index in [0.717, 1.165) is 37.0 Å². The maximum Gasteiger partial charge on any atom is 0.118 e.